The van der Waals surface area contributed by atoms with Gasteiger partial charge in [0.05, 0.1) is 0 Å². The van der Waals surface area contributed by atoms with E-state index in [1.54, 1.807) is 0 Å². The minimum absolute atomic E-state index is 0.0275. The average molecular weight is 357 g/mol. The number of carbonyl (C=O) groups is 2. The topological polar surface area (TPSA) is 52.6 Å². The Kier molecular flexibility index (Phi) is 5.66. The number of likely N-dealkylation sites (tertiary alicyclic amines) is 1. The summed E-state index contributed by atoms with van der Waals surface area (Å²) in [6.45, 7) is 5.49. The van der Waals surface area contributed by atoms with Crippen molar-refractivity contribution in [3.63, 3.8) is 0 Å². The second kappa shape index (κ2) is 7.78. The quantitative estimate of drug-likeness (QED) is 0.897. The Balaban J connectivity index is 1.82. The van der Waals surface area contributed by atoms with E-state index in [4.69, 9.17) is 0 Å². The van der Waals surface area contributed by atoms with E-state index < -0.39 is 0 Å². The number of hydrogen-bond donors (Lipinski definition) is 1. The molecule has 2 fully saturated rings. The number of likely N-dealkylation sites (N-methyl/N-ethyl adjacent to an activating group) is 1. The van der Waals surface area contributed by atoms with Crippen molar-refractivity contribution in [2.24, 2.45) is 0 Å². The summed E-state index contributed by atoms with van der Waals surface area (Å²) in [5.41, 5.74) is 1.47. The number of nitrogens with zero attached hydrogens (tertiary/aromatic N) is 2. The van der Waals surface area contributed by atoms with Gasteiger partial charge in [0.15, 0.2) is 0 Å². The van der Waals surface area contributed by atoms with E-state index in [2.05, 4.69) is 29.1 Å². The molecule has 0 unspecified atom stereocenters. The van der Waals surface area contributed by atoms with Gasteiger partial charge >= 0.3 is 0 Å². The van der Waals surface area contributed by atoms with Gasteiger partial charge < -0.3 is 15.1 Å². The molecule has 1 aliphatic carbocycles. The summed E-state index contributed by atoms with van der Waals surface area (Å²) in [6, 6.07) is 7.74. The third kappa shape index (κ3) is 3.78. The Bertz CT molecular complexity index is 650. The Morgan fingerprint density at radius 3 is 2.42 bits per heavy atom. The van der Waals surface area contributed by atoms with Crippen molar-refractivity contribution in [2.45, 2.75) is 64.0 Å². The van der Waals surface area contributed by atoms with Crippen molar-refractivity contribution in [1.29, 1.82) is 0 Å². The molecular weight excluding hydrogens is 326 g/mol. The lowest BCUT2D eigenvalue weighted by Gasteiger charge is -2.41. The first kappa shape index (κ1) is 18.9. The van der Waals surface area contributed by atoms with Crippen molar-refractivity contribution < 1.29 is 9.59 Å². The van der Waals surface area contributed by atoms with Gasteiger partial charge in [0, 0.05) is 36.3 Å². The fourth-order valence-corrected chi connectivity index (χ4v) is 4.61. The number of anilines is 1. The molecule has 3 rings (SSSR count). The molecule has 1 aromatic rings. The zero-order valence-corrected chi connectivity index (χ0v) is 16.3. The van der Waals surface area contributed by atoms with E-state index in [1.807, 2.05) is 24.3 Å². The normalized spacial score (nSPS) is 22.0. The van der Waals surface area contributed by atoms with Gasteiger partial charge in [-0.15, -0.1) is 0 Å². The summed E-state index contributed by atoms with van der Waals surface area (Å²) in [6.07, 6.45) is 7.05. The van der Waals surface area contributed by atoms with Crippen LogP contribution in [-0.2, 0) is 4.79 Å². The van der Waals surface area contributed by atoms with E-state index in [0.717, 1.165) is 38.0 Å². The van der Waals surface area contributed by atoms with Gasteiger partial charge in [-0.05, 0) is 57.1 Å². The summed E-state index contributed by atoms with van der Waals surface area (Å²) in [5.74, 6) is 0.0310. The molecule has 142 valence electrons. The van der Waals surface area contributed by atoms with Gasteiger partial charge in [-0.3, -0.25) is 9.59 Å². The first-order valence-electron chi connectivity index (χ1n) is 9.85. The molecule has 2 aliphatic rings. The summed E-state index contributed by atoms with van der Waals surface area (Å²) in [4.78, 5) is 29.1. The van der Waals surface area contributed by atoms with E-state index in [-0.39, 0.29) is 17.4 Å². The molecule has 1 N–H and O–H groups in total. The summed E-state index contributed by atoms with van der Waals surface area (Å²) in [5, 5.41) is 2.76. The predicted molar refractivity (Wildman–Crippen MR) is 104 cm³/mol. The molecule has 2 amide bonds. The van der Waals surface area contributed by atoms with E-state index in [9.17, 15) is 9.59 Å². The van der Waals surface area contributed by atoms with Crippen LogP contribution < -0.4 is 5.32 Å². The summed E-state index contributed by atoms with van der Waals surface area (Å²) in [7, 11) is 2.16. The highest BCUT2D eigenvalue weighted by Gasteiger charge is 2.48. The molecule has 1 spiro atoms. The first-order valence-corrected chi connectivity index (χ1v) is 9.85. The average Bonchev–Trinajstić information content (AvgIpc) is 3.00. The molecule has 0 radical (unpaired) electrons. The first-order chi connectivity index (χ1) is 12.4. The molecule has 0 bridgehead atoms. The van der Waals surface area contributed by atoms with Gasteiger partial charge in [0.1, 0.15) is 0 Å². The molecule has 1 heterocycles. The van der Waals surface area contributed by atoms with Crippen LogP contribution in [0.4, 0.5) is 5.69 Å². The third-order valence-corrected chi connectivity index (χ3v) is 6.19. The van der Waals surface area contributed by atoms with Gasteiger partial charge in [0.2, 0.25) is 5.91 Å². The zero-order chi connectivity index (χ0) is 18.7. The number of rotatable bonds is 4. The lowest BCUT2D eigenvalue weighted by atomic mass is 9.79. The van der Waals surface area contributed by atoms with Gasteiger partial charge in [-0.1, -0.05) is 26.2 Å². The number of carbonyl (C=O) groups excluding carboxylic acids is 2. The van der Waals surface area contributed by atoms with Gasteiger partial charge in [-0.25, -0.2) is 0 Å². The van der Waals surface area contributed by atoms with Crippen LogP contribution in [-0.4, -0.2) is 53.3 Å². The maximum absolute atomic E-state index is 13.3. The number of amides is 2. The minimum atomic E-state index is -0.102. The monoisotopic (exact) mass is 357 g/mol. The lowest BCUT2D eigenvalue weighted by Crippen LogP contribution is -2.48. The predicted octanol–water partition coefficient (Wildman–Crippen LogP) is 3.51. The van der Waals surface area contributed by atoms with E-state index in [1.165, 1.54) is 26.2 Å². The van der Waals surface area contributed by atoms with Crippen LogP contribution in [0.2, 0.25) is 0 Å². The van der Waals surface area contributed by atoms with Crippen LogP contribution in [0.25, 0.3) is 0 Å². The van der Waals surface area contributed by atoms with E-state index in [0.29, 0.717) is 11.6 Å². The van der Waals surface area contributed by atoms with Crippen LogP contribution in [0.1, 0.15) is 62.7 Å². The molecule has 1 atom stereocenters. The second-order valence-corrected chi connectivity index (χ2v) is 7.89. The van der Waals surface area contributed by atoms with E-state index >= 15 is 0 Å². The van der Waals surface area contributed by atoms with Crippen LogP contribution in [0.15, 0.2) is 24.3 Å². The van der Waals surface area contributed by atoms with Crippen molar-refractivity contribution >= 4 is 17.5 Å². The molecule has 26 heavy (non-hydrogen) atoms. The molecule has 5 nitrogen and oxygen atoms in total. The Labute approximate surface area is 156 Å². The fourth-order valence-electron chi connectivity index (χ4n) is 4.61. The Morgan fingerprint density at radius 1 is 1.19 bits per heavy atom. The standard InChI is InChI=1S/C21H31N3O2/c1-4-23(3)19-14-21(12-6-5-7-13-21)24(15-19)20(26)17-8-10-18(11-9-17)22-16(2)25/h8-11,19H,4-7,12-15H2,1-3H3,(H,22,25)/t19-/m1/s1. The lowest BCUT2D eigenvalue weighted by molar-refractivity contribution is -0.114. The van der Waals surface area contributed by atoms with Crippen molar-refractivity contribution in [3.8, 4) is 0 Å². The second-order valence-electron chi connectivity index (χ2n) is 7.89. The highest BCUT2D eigenvalue weighted by molar-refractivity contribution is 5.96. The van der Waals surface area contributed by atoms with Crippen LogP contribution in [0, 0.1) is 0 Å². The molecule has 1 aromatic carbocycles. The summed E-state index contributed by atoms with van der Waals surface area (Å²) < 4.78 is 0. The SMILES string of the molecule is CCN(C)[C@H]1CN(C(=O)c2ccc(NC(C)=O)cc2)C2(CCCCC2)C1. The molecule has 1 saturated heterocycles. The molecule has 0 aromatic heterocycles. The maximum atomic E-state index is 13.3. The molecular formula is C21H31N3O2. The largest absolute Gasteiger partial charge is 0.331 e. The number of benzene rings is 1. The zero-order valence-electron chi connectivity index (χ0n) is 16.3. The molecule has 1 saturated carbocycles. The van der Waals surface area contributed by atoms with Gasteiger partial charge in [-0.2, -0.15) is 0 Å². The third-order valence-electron chi connectivity index (χ3n) is 6.19. The molecule has 1 aliphatic heterocycles. The molecule has 5 heteroatoms. The van der Waals surface area contributed by atoms with Crippen LogP contribution in [0.3, 0.4) is 0 Å². The van der Waals surface area contributed by atoms with Gasteiger partial charge in [0.25, 0.3) is 5.91 Å². The van der Waals surface area contributed by atoms with Crippen LogP contribution >= 0.6 is 0 Å². The summed E-state index contributed by atoms with van der Waals surface area (Å²) >= 11 is 0. The Hall–Kier alpha value is -1.88. The highest BCUT2D eigenvalue weighted by Crippen LogP contribution is 2.43. The fraction of sp³-hybridized carbons (Fsp3) is 0.619. The number of nitrogens with one attached hydrogen (secondary N) is 1. The number of hydrogen-bond acceptors (Lipinski definition) is 3. The smallest absolute Gasteiger partial charge is 0.254 e. The van der Waals surface area contributed by atoms with Crippen LogP contribution in [0.5, 0.6) is 0 Å². The highest BCUT2D eigenvalue weighted by atomic mass is 16.2. The van der Waals surface area contributed by atoms with Crippen molar-refractivity contribution in [1.82, 2.24) is 9.80 Å². The van der Waals surface area contributed by atoms with Crippen molar-refractivity contribution in [3.05, 3.63) is 29.8 Å². The van der Waals surface area contributed by atoms with Crippen molar-refractivity contribution in [2.75, 3.05) is 25.5 Å². The minimum Gasteiger partial charge on any atom is -0.331 e. The Morgan fingerprint density at radius 2 is 1.85 bits per heavy atom. The maximum Gasteiger partial charge on any atom is 0.254 e.